The van der Waals surface area contributed by atoms with E-state index >= 15 is 0 Å². The molecule has 4 nitrogen and oxygen atoms in total. The molecule has 146 valence electrons. The lowest BCUT2D eigenvalue weighted by Crippen LogP contribution is -2.12. The van der Waals surface area contributed by atoms with E-state index in [1.807, 2.05) is 36.4 Å². The van der Waals surface area contributed by atoms with Crippen LogP contribution in [0.4, 0.5) is 5.69 Å². The predicted octanol–water partition coefficient (Wildman–Crippen LogP) is 6.08. The van der Waals surface area contributed by atoms with E-state index in [0.717, 1.165) is 30.9 Å². The highest BCUT2D eigenvalue weighted by atomic mass is 16.5. The summed E-state index contributed by atoms with van der Waals surface area (Å²) in [5.41, 5.74) is 1.33. The molecule has 4 heteroatoms. The Bertz CT molecular complexity index is 682. The van der Waals surface area contributed by atoms with Gasteiger partial charge >= 0.3 is 0 Å². The standard InChI is InChI=1S/C23H31NO3/c1-3-5-6-7-8-17-27-21-14-12-20(13-15-21)24-23(25)19-10-9-11-22(18-19)26-16-4-2/h9-15,18H,3-8,16-17H2,1-2H3,(H,24,25). The van der Waals surface area contributed by atoms with Crippen LogP contribution in [0.3, 0.4) is 0 Å². The monoisotopic (exact) mass is 369 g/mol. The fraction of sp³-hybridized carbons (Fsp3) is 0.435. The lowest BCUT2D eigenvalue weighted by molar-refractivity contribution is 0.102. The Hall–Kier alpha value is -2.49. The number of rotatable bonds is 12. The smallest absolute Gasteiger partial charge is 0.255 e. The van der Waals surface area contributed by atoms with Crippen LogP contribution in [0.15, 0.2) is 48.5 Å². The van der Waals surface area contributed by atoms with Crippen molar-refractivity contribution in [1.82, 2.24) is 0 Å². The van der Waals surface area contributed by atoms with Crippen LogP contribution < -0.4 is 14.8 Å². The summed E-state index contributed by atoms with van der Waals surface area (Å²) < 4.78 is 11.3. The number of unbranched alkanes of at least 4 members (excludes halogenated alkanes) is 4. The Morgan fingerprint density at radius 1 is 0.815 bits per heavy atom. The van der Waals surface area contributed by atoms with E-state index < -0.39 is 0 Å². The number of hydrogen-bond acceptors (Lipinski definition) is 3. The molecule has 0 aliphatic heterocycles. The molecule has 0 saturated carbocycles. The van der Waals surface area contributed by atoms with Gasteiger partial charge in [0.2, 0.25) is 0 Å². The molecule has 0 heterocycles. The fourth-order valence-corrected chi connectivity index (χ4v) is 2.68. The molecule has 0 unspecified atom stereocenters. The minimum absolute atomic E-state index is 0.151. The van der Waals surface area contributed by atoms with Crippen molar-refractivity contribution >= 4 is 11.6 Å². The van der Waals surface area contributed by atoms with Crippen LogP contribution in [-0.2, 0) is 0 Å². The molecule has 2 aromatic rings. The summed E-state index contributed by atoms with van der Waals surface area (Å²) in [7, 11) is 0. The molecule has 0 radical (unpaired) electrons. The largest absolute Gasteiger partial charge is 0.494 e. The van der Waals surface area contributed by atoms with Gasteiger partial charge in [0.05, 0.1) is 13.2 Å². The molecule has 0 aliphatic carbocycles. The van der Waals surface area contributed by atoms with Gasteiger partial charge in [0.15, 0.2) is 0 Å². The molecule has 0 fully saturated rings. The molecule has 0 aromatic heterocycles. The van der Waals surface area contributed by atoms with Crippen molar-refractivity contribution in [1.29, 1.82) is 0 Å². The Balaban J connectivity index is 1.80. The molecule has 27 heavy (non-hydrogen) atoms. The average molecular weight is 370 g/mol. The maximum Gasteiger partial charge on any atom is 0.255 e. The van der Waals surface area contributed by atoms with Crippen molar-refractivity contribution in [2.75, 3.05) is 18.5 Å². The zero-order valence-electron chi connectivity index (χ0n) is 16.5. The third-order valence-corrected chi connectivity index (χ3v) is 4.20. The Morgan fingerprint density at radius 2 is 1.56 bits per heavy atom. The lowest BCUT2D eigenvalue weighted by Gasteiger charge is -2.09. The first-order valence-corrected chi connectivity index (χ1v) is 10.00. The lowest BCUT2D eigenvalue weighted by atomic mass is 10.2. The van der Waals surface area contributed by atoms with Crippen molar-refractivity contribution in [3.63, 3.8) is 0 Å². The highest BCUT2D eigenvalue weighted by Crippen LogP contribution is 2.19. The minimum atomic E-state index is -0.151. The Labute approximate surface area is 162 Å². The van der Waals surface area contributed by atoms with Crippen LogP contribution in [0, 0.1) is 0 Å². The SMILES string of the molecule is CCCCCCCOc1ccc(NC(=O)c2cccc(OCCC)c2)cc1. The predicted molar refractivity (Wildman–Crippen MR) is 111 cm³/mol. The molecule has 1 amide bonds. The summed E-state index contributed by atoms with van der Waals surface area (Å²) in [6.45, 7) is 5.65. The topological polar surface area (TPSA) is 47.6 Å². The third kappa shape index (κ3) is 7.73. The Kier molecular flexibility index (Phi) is 9.25. The second-order valence-corrected chi connectivity index (χ2v) is 6.62. The maximum absolute atomic E-state index is 12.4. The summed E-state index contributed by atoms with van der Waals surface area (Å²) in [5.74, 6) is 1.40. The van der Waals surface area contributed by atoms with Crippen molar-refractivity contribution in [3.05, 3.63) is 54.1 Å². The average Bonchev–Trinajstić information content (AvgIpc) is 2.70. The van der Waals surface area contributed by atoms with Crippen LogP contribution in [0.1, 0.15) is 62.7 Å². The van der Waals surface area contributed by atoms with E-state index in [2.05, 4.69) is 19.2 Å². The zero-order valence-corrected chi connectivity index (χ0v) is 16.5. The first kappa shape index (κ1) is 20.8. The normalized spacial score (nSPS) is 10.4. The van der Waals surface area contributed by atoms with Gasteiger partial charge in [-0.25, -0.2) is 0 Å². The van der Waals surface area contributed by atoms with Gasteiger partial charge in [-0.2, -0.15) is 0 Å². The molecular weight excluding hydrogens is 338 g/mol. The third-order valence-electron chi connectivity index (χ3n) is 4.20. The van der Waals surface area contributed by atoms with Gasteiger partial charge < -0.3 is 14.8 Å². The van der Waals surface area contributed by atoms with Crippen molar-refractivity contribution in [2.24, 2.45) is 0 Å². The highest BCUT2D eigenvalue weighted by Gasteiger charge is 2.07. The van der Waals surface area contributed by atoms with Crippen LogP contribution in [0.2, 0.25) is 0 Å². The molecule has 0 spiro atoms. The molecule has 0 bridgehead atoms. The minimum Gasteiger partial charge on any atom is -0.494 e. The van der Waals surface area contributed by atoms with Gasteiger partial charge in [0.1, 0.15) is 11.5 Å². The first-order chi connectivity index (χ1) is 13.2. The van der Waals surface area contributed by atoms with Gasteiger partial charge in [-0.3, -0.25) is 4.79 Å². The number of carbonyl (C=O) groups excluding carboxylic acids is 1. The van der Waals surface area contributed by atoms with Crippen molar-refractivity contribution in [2.45, 2.75) is 52.4 Å². The molecule has 0 saturated heterocycles. The second kappa shape index (κ2) is 12.0. The second-order valence-electron chi connectivity index (χ2n) is 6.62. The van der Waals surface area contributed by atoms with Crippen LogP contribution in [-0.4, -0.2) is 19.1 Å². The highest BCUT2D eigenvalue weighted by molar-refractivity contribution is 6.04. The van der Waals surface area contributed by atoms with Crippen LogP contribution >= 0.6 is 0 Å². The van der Waals surface area contributed by atoms with E-state index in [1.54, 1.807) is 12.1 Å². The summed E-state index contributed by atoms with van der Waals surface area (Å²) in [6.07, 6.45) is 7.04. The van der Waals surface area contributed by atoms with Gasteiger partial charge in [0, 0.05) is 11.3 Å². The summed E-state index contributed by atoms with van der Waals surface area (Å²) >= 11 is 0. The summed E-state index contributed by atoms with van der Waals surface area (Å²) in [6, 6.07) is 14.7. The number of amides is 1. The molecule has 2 rings (SSSR count). The van der Waals surface area contributed by atoms with Gasteiger partial charge in [-0.05, 0) is 55.3 Å². The molecule has 0 aliphatic rings. The van der Waals surface area contributed by atoms with Gasteiger partial charge in [0.25, 0.3) is 5.91 Å². The maximum atomic E-state index is 12.4. The quantitative estimate of drug-likeness (QED) is 0.461. The molecule has 0 atom stereocenters. The van der Waals surface area contributed by atoms with E-state index in [4.69, 9.17) is 9.47 Å². The van der Waals surface area contributed by atoms with E-state index in [1.165, 1.54) is 25.7 Å². The molecule has 2 aromatic carbocycles. The zero-order chi connectivity index (χ0) is 19.3. The molecular formula is C23H31NO3. The summed E-state index contributed by atoms with van der Waals surface area (Å²) in [4.78, 5) is 12.4. The van der Waals surface area contributed by atoms with Gasteiger partial charge in [-0.15, -0.1) is 0 Å². The number of anilines is 1. The Morgan fingerprint density at radius 3 is 2.30 bits per heavy atom. The number of ether oxygens (including phenoxy) is 2. The van der Waals surface area contributed by atoms with E-state index in [9.17, 15) is 4.79 Å². The summed E-state index contributed by atoms with van der Waals surface area (Å²) in [5, 5.41) is 2.91. The van der Waals surface area contributed by atoms with Crippen LogP contribution in [0.25, 0.3) is 0 Å². The van der Waals surface area contributed by atoms with E-state index in [0.29, 0.717) is 17.9 Å². The van der Waals surface area contributed by atoms with E-state index in [-0.39, 0.29) is 5.91 Å². The number of nitrogens with one attached hydrogen (secondary N) is 1. The van der Waals surface area contributed by atoms with Crippen LogP contribution in [0.5, 0.6) is 11.5 Å². The number of carbonyl (C=O) groups is 1. The number of benzene rings is 2. The van der Waals surface area contributed by atoms with Crippen molar-refractivity contribution < 1.29 is 14.3 Å². The molecule has 1 N–H and O–H groups in total. The fourth-order valence-electron chi connectivity index (χ4n) is 2.68. The van der Waals surface area contributed by atoms with Crippen molar-refractivity contribution in [3.8, 4) is 11.5 Å². The van der Waals surface area contributed by atoms with Gasteiger partial charge in [-0.1, -0.05) is 45.6 Å². The number of hydrogen-bond donors (Lipinski definition) is 1. The first-order valence-electron chi connectivity index (χ1n) is 10.00.